The number of thioether (sulfide) groups is 1. The van der Waals surface area contributed by atoms with Gasteiger partial charge in [-0.05, 0) is 29.8 Å². The molecule has 0 radical (unpaired) electrons. The van der Waals surface area contributed by atoms with E-state index in [1.807, 2.05) is 54.6 Å². The molecule has 0 saturated heterocycles. The van der Waals surface area contributed by atoms with Crippen molar-refractivity contribution in [1.29, 1.82) is 5.26 Å². The van der Waals surface area contributed by atoms with Gasteiger partial charge in [0.1, 0.15) is 11.5 Å². The molecule has 4 nitrogen and oxygen atoms in total. The zero-order valence-electron chi connectivity index (χ0n) is 14.1. The van der Waals surface area contributed by atoms with Crippen LogP contribution in [0.2, 0.25) is 0 Å². The number of nitrogens with zero attached hydrogens (tertiary/aromatic N) is 1. The van der Waals surface area contributed by atoms with Gasteiger partial charge in [-0.15, -0.1) is 18.3 Å². The van der Waals surface area contributed by atoms with E-state index in [0.29, 0.717) is 22.1 Å². The maximum absolute atomic E-state index is 12.1. The summed E-state index contributed by atoms with van der Waals surface area (Å²) in [6.45, 7) is 3.69. The van der Waals surface area contributed by atoms with Gasteiger partial charge in [0, 0.05) is 18.1 Å². The first kappa shape index (κ1) is 17.8. The number of para-hydroxylation sites is 1. The van der Waals surface area contributed by atoms with Gasteiger partial charge < -0.3 is 10.1 Å². The van der Waals surface area contributed by atoms with Gasteiger partial charge in [-0.1, -0.05) is 36.4 Å². The summed E-state index contributed by atoms with van der Waals surface area (Å²) in [4.78, 5) is 12.1. The zero-order valence-corrected chi connectivity index (χ0v) is 15.0. The molecule has 0 unspecified atom stereocenters. The SMILES string of the molecule is C=CCSC1=C(C#N)[C@H](c2cccc(Oc3ccccc3)c2)CC(=O)N1. The highest BCUT2D eigenvalue weighted by molar-refractivity contribution is 8.03. The van der Waals surface area contributed by atoms with Crippen molar-refractivity contribution in [3.05, 3.63) is 83.4 Å². The number of rotatable bonds is 6. The maximum atomic E-state index is 12.1. The largest absolute Gasteiger partial charge is 0.457 e. The number of hydrogen-bond donors (Lipinski definition) is 1. The Labute approximate surface area is 157 Å². The van der Waals surface area contributed by atoms with E-state index < -0.39 is 0 Å². The van der Waals surface area contributed by atoms with Gasteiger partial charge in [-0.3, -0.25) is 4.79 Å². The number of nitriles is 1. The molecule has 1 heterocycles. The number of ether oxygens (including phenoxy) is 1. The number of benzene rings is 2. The Morgan fingerprint density at radius 3 is 2.73 bits per heavy atom. The quantitative estimate of drug-likeness (QED) is 0.754. The predicted molar refractivity (Wildman–Crippen MR) is 104 cm³/mol. The summed E-state index contributed by atoms with van der Waals surface area (Å²) in [6, 6.07) is 19.3. The first-order chi connectivity index (χ1) is 12.7. The lowest BCUT2D eigenvalue weighted by Crippen LogP contribution is -2.30. The second-order valence-electron chi connectivity index (χ2n) is 5.75. The minimum Gasteiger partial charge on any atom is -0.457 e. The number of nitrogens with one attached hydrogen (secondary N) is 1. The Kier molecular flexibility index (Phi) is 5.77. The second kappa shape index (κ2) is 8.41. The Morgan fingerprint density at radius 2 is 2.00 bits per heavy atom. The van der Waals surface area contributed by atoms with Crippen molar-refractivity contribution in [3.8, 4) is 17.6 Å². The molecule has 26 heavy (non-hydrogen) atoms. The van der Waals surface area contributed by atoms with Crippen LogP contribution < -0.4 is 10.1 Å². The number of carbonyl (C=O) groups excluding carboxylic acids is 1. The Bertz CT molecular complexity index is 884. The highest BCUT2D eigenvalue weighted by atomic mass is 32.2. The van der Waals surface area contributed by atoms with Gasteiger partial charge in [0.05, 0.1) is 16.7 Å². The van der Waals surface area contributed by atoms with Crippen LogP contribution in [0.1, 0.15) is 17.9 Å². The van der Waals surface area contributed by atoms with Crippen molar-refractivity contribution in [1.82, 2.24) is 5.32 Å². The molecule has 2 aromatic rings. The van der Waals surface area contributed by atoms with Gasteiger partial charge in [-0.25, -0.2) is 0 Å². The minimum atomic E-state index is -0.277. The molecule has 0 spiro atoms. The van der Waals surface area contributed by atoms with E-state index >= 15 is 0 Å². The van der Waals surface area contributed by atoms with Gasteiger partial charge >= 0.3 is 0 Å². The fraction of sp³-hybridized carbons (Fsp3) is 0.143. The molecule has 0 fully saturated rings. The smallest absolute Gasteiger partial charge is 0.225 e. The molecule has 130 valence electrons. The molecule has 0 aromatic heterocycles. The predicted octanol–water partition coefficient (Wildman–Crippen LogP) is 4.74. The van der Waals surface area contributed by atoms with Crippen molar-refractivity contribution in [3.63, 3.8) is 0 Å². The first-order valence-electron chi connectivity index (χ1n) is 8.22. The van der Waals surface area contributed by atoms with E-state index in [4.69, 9.17) is 4.74 Å². The summed E-state index contributed by atoms with van der Waals surface area (Å²) in [6.07, 6.45) is 1.99. The van der Waals surface area contributed by atoms with Crippen LogP contribution in [0.15, 0.2) is 77.9 Å². The summed E-state index contributed by atoms with van der Waals surface area (Å²) in [5.74, 6) is 1.68. The standard InChI is InChI=1S/C21H18N2O2S/c1-2-11-26-21-19(14-22)18(13-20(24)23-21)15-7-6-10-17(12-15)25-16-8-4-3-5-9-16/h2-10,12,18H,1,11,13H2,(H,23,24)/t18-/m0/s1. The van der Waals surface area contributed by atoms with Crippen LogP contribution in [0.5, 0.6) is 11.5 Å². The Morgan fingerprint density at radius 1 is 1.23 bits per heavy atom. The molecule has 1 atom stereocenters. The summed E-state index contributed by atoms with van der Waals surface area (Å²) in [5.41, 5.74) is 1.47. The summed E-state index contributed by atoms with van der Waals surface area (Å²) >= 11 is 1.41. The highest BCUT2D eigenvalue weighted by Crippen LogP contribution is 2.37. The van der Waals surface area contributed by atoms with Crippen molar-refractivity contribution in [2.45, 2.75) is 12.3 Å². The van der Waals surface area contributed by atoms with Gasteiger partial charge in [0.2, 0.25) is 5.91 Å². The average molecular weight is 362 g/mol. The van der Waals surface area contributed by atoms with Crippen LogP contribution in [0.3, 0.4) is 0 Å². The molecule has 3 rings (SSSR count). The van der Waals surface area contributed by atoms with Gasteiger partial charge in [0.15, 0.2) is 0 Å². The Balaban J connectivity index is 1.91. The lowest BCUT2D eigenvalue weighted by atomic mass is 9.87. The molecule has 5 heteroatoms. The van der Waals surface area contributed by atoms with E-state index in [1.165, 1.54) is 11.8 Å². The molecule has 1 aliphatic heterocycles. The Hall–Kier alpha value is -2.97. The molecular formula is C21H18N2O2S. The highest BCUT2D eigenvalue weighted by Gasteiger charge is 2.29. The number of allylic oxidation sites excluding steroid dienone is 1. The van der Waals surface area contributed by atoms with Crippen LogP contribution in [-0.2, 0) is 4.79 Å². The zero-order chi connectivity index (χ0) is 18.4. The fourth-order valence-electron chi connectivity index (χ4n) is 2.78. The number of carbonyl (C=O) groups is 1. The average Bonchev–Trinajstić information content (AvgIpc) is 2.67. The van der Waals surface area contributed by atoms with Gasteiger partial charge in [0.25, 0.3) is 0 Å². The lowest BCUT2D eigenvalue weighted by Gasteiger charge is -2.25. The lowest BCUT2D eigenvalue weighted by molar-refractivity contribution is -0.120. The van der Waals surface area contributed by atoms with E-state index in [2.05, 4.69) is 18.0 Å². The summed E-state index contributed by atoms with van der Waals surface area (Å²) in [5, 5.41) is 13.1. The van der Waals surface area contributed by atoms with Gasteiger partial charge in [-0.2, -0.15) is 5.26 Å². The normalized spacial score (nSPS) is 16.6. The van der Waals surface area contributed by atoms with Crippen LogP contribution in [0.25, 0.3) is 0 Å². The first-order valence-corrected chi connectivity index (χ1v) is 9.20. The van der Waals surface area contributed by atoms with Crippen LogP contribution >= 0.6 is 11.8 Å². The number of amides is 1. The van der Waals surface area contributed by atoms with E-state index in [1.54, 1.807) is 6.08 Å². The fourth-order valence-corrected chi connectivity index (χ4v) is 3.59. The maximum Gasteiger partial charge on any atom is 0.225 e. The van der Waals surface area contributed by atoms with Crippen molar-refractivity contribution >= 4 is 17.7 Å². The van der Waals surface area contributed by atoms with Crippen LogP contribution in [-0.4, -0.2) is 11.7 Å². The van der Waals surface area contributed by atoms with Crippen LogP contribution in [0.4, 0.5) is 0 Å². The summed E-state index contributed by atoms with van der Waals surface area (Å²) < 4.78 is 5.88. The molecule has 1 N–H and O–H groups in total. The van der Waals surface area contributed by atoms with E-state index in [9.17, 15) is 10.1 Å². The van der Waals surface area contributed by atoms with Crippen LogP contribution in [0, 0.1) is 11.3 Å². The molecule has 1 amide bonds. The van der Waals surface area contributed by atoms with Crippen molar-refractivity contribution in [2.24, 2.45) is 0 Å². The van der Waals surface area contributed by atoms with Crippen molar-refractivity contribution < 1.29 is 9.53 Å². The third-order valence-corrected chi connectivity index (χ3v) is 4.95. The molecule has 1 aliphatic rings. The number of hydrogen-bond acceptors (Lipinski definition) is 4. The molecule has 2 aromatic carbocycles. The monoisotopic (exact) mass is 362 g/mol. The molecule has 0 saturated carbocycles. The molecule has 0 bridgehead atoms. The van der Waals surface area contributed by atoms with E-state index in [-0.39, 0.29) is 18.2 Å². The second-order valence-corrected chi connectivity index (χ2v) is 6.78. The third-order valence-electron chi connectivity index (χ3n) is 3.94. The van der Waals surface area contributed by atoms with Crippen molar-refractivity contribution in [2.75, 3.05) is 5.75 Å². The third kappa shape index (κ3) is 4.16. The minimum absolute atomic E-state index is 0.0880. The summed E-state index contributed by atoms with van der Waals surface area (Å²) in [7, 11) is 0. The topological polar surface area (TPSA) is 62.1 Å². The molecule has 0 aliphatic carbocycles. The van der Waals surface area contributed by atoms with E-state index in [0.717, 1.165) is 11.3 Å². The molecular weight excluding hydrogens is 344 g/mol.